The number of aromatic nitrogens is 2. The van der Waals surface area contributed by atoms with Gasteiger partial charge in [-0.1, -0.05) is 18.2 Å². The molecule has 7 nitrogen and oxygen atoms in total. The fourth-order valence-electron chi connectivity index (χ4n) is 3.78. The molecule has 0 aliphatic carbocycles. The number of nitrogens with one attached hydrogen (secondary N) is 1. The first kappa shape index (κ1) is 23.8. The number of carbonyl (C=O) groups excluding carboxylic acids is 1. The monoisotopic (exact) mass is 451 g/mol. The van der Waals surface area contributed by atoms with Crippen LogP contribution in [0.1, 0.15) is 35.1 Å². The summed E-state index contributed by atoms with van der Waals surface area (Å²) in [7, 11) is 1.55. The highest BCUT2D eigenvalue weighted by Crippen LogP contribution is 2.31. The molecule has 2 heterocycles. The molecule has 174 valence electrons. The second kappa shape index (κ2) is 10.2. The van der Waals surface area contributed by atoms with E-state index in [0.717, 1.165) is 17.7 Å². The Labute approximate surface area is 185 Å². The lowest BCUT2D eigenvalue weighted by Crippen LogP contribution is -2.52. The van der Waals surface area contributed by atoms with Crippen molar-refractivity contribution in [2.45, 2.75) is 33.1 Å². The summed E-state index contributed by atoms with van der Waals surface area (Å²) in [4.78, 5) is 25.1. The number of halogens is 3. The van der Waals surface area contributed by atoms with E-state index in [2.05, 4.69) is 20.2 Å². The molecular weight excluding hydrogens is 423 g/mol. The average Bonchev–Trinajstić information content (AvgIpc) is 2.75. The number of rotatable bonds is 6. The predicted molar refractivity (Wildman–Crippen MR) is 115 cm³/mol. The zero-order chi connectivity index (χ0) is 23.3. The third-order valence-electron chi connectivity index (χ3n) is 5.29. The lowest BCUT2D eigenvalue weighted by Gasteiger charge is -2.36. The van der Waals surface area contributed by atoms with Gasteiger partial charge >= 0.3 is 12.2 Å². The lowest BCUT2D eigenvalue weighted by molar-refractivity contribution is -0.137. The van der Waals surface area contributed by atoms with Crippen LogP contribution in [0.4, 0.5) is 23.8 Å². The maximum absolute atomic E-state index is 13.2. The van der Waals surface area contributed by atoms with E-state index in [4.69, 9.17) is 4.74 Å². The van der Waals surface area contributed by atoms with E-state index in [1.807, 2.05) is 6.92 Å². The van der Waals surface area contributed by atoms with Gasteiger partial charge in [0.15, 0.2) is 0 Å². The molecule has 1 aromatic heterocycles. The first-order valence-electron chi connectivity index (χ1n) is 10.5. The van der Waals surface area contributed by atoms with Crippen LogP contribution in [0.3, 0.4) is 0 Å². The maximum atomic E-state index is 13.2. The fourth-order valence-corrected chi connectivity index (χ4v) is 3.78. The predicted octanol–water partition coefficient (Wildman–Crippen LogP) is 3.39. The van der Waals surface area contributed by atoms with Crippen molar-refractivity contribution >= 4 is 11.8 Å². The van der Waals surface area contributed by atoms with Crippen LogP contribution in [0.25, 0.3) is 0 Å². The molecule has 0 atom stereocenters. The van der Waals surface area contributed by atoms with Gasteiger partial charge in [0.1, 0.15) is 11.6 Å². The number of urea groups is 1. The minimum Gasteiger partial charge on any atom is -0.378 e. The van der Waals surface area contributed by atoms with Crippen molar-refractivity contribution in [3.63, 3.8) is 0 Å². The van der Waals surface area contributed by atoms with Gasteiger partial charge in [-0.25, -0.2) is 14.8 Å². The topological polar surface area (TPSA) is 70.6 Å². The Morgan fingerprint density at radius 3 is 2.53 bits per heavy atom. The molecule has 3 rings (SSSR count). The normalized spacial score (nSPS) is 14.6. The highest BCUT2D eigenvalue weighted by Gasteiger charge is 2.31. The first-order chi connectivity index (χ1) is 15.2. The Bertz CT molecular complexity index is 944. The van der Waals surface area contributed by atoms with Crippen LogP contribution < -0.4 is 10.2 Å². The number of benzene rings is 1. The number of hydrogen-bond donors (Lipinski definition) is 1. The van der Waals surface area contributed by atoms with Crippen LogP contribution in [0.2, 0.25) is 0 Å². The van der Waals surface area contributed by atoms with Crippen LogP contribution in [-0.2, 0) is 23.9 Å². The fraction of sp³-hybridized carbons (Fsp3) is 0.500. The van der Waals surface area contributed by atoms with Gasteiger partial charge in [0.2, 0.25) is 0 Å². The van der Waals surface area contributed by atoms with Crippen molar-refractivity contribution in [3.8, 4) is 0 Å². The summed E-state index contributed by atoms with van der Waals surface area (Å²) >= 11 is 0. The van der Waals surface area contributed by atoms with Gasteiger partial charge in [-0.3, -0.25) is 0 Å². The largest absolute Gasteiger partial charge is 0.416 e. The number of aryl methyl sites for hydroxylation is 1. The van der Waals surface area contributed by atoms with Crippen molar-refractivity contribution in [2.24, 2.45) is 0 Å². The number of nitrogens with zero attached hydrogens (tertiary/aromatic N) is 4. The number of piperazine rings is 1. The van der Waals surface area contributed by atoms with Gasteiger partial charge in [0.05, 0.1) is 17.9 Å². The Balaban J connectivity index is 1.91. The molecule has 1 aromatic carbocycles. The van der Waals surface area contributed by atoms with E-state index < -0.39 is 11.7 Å². The number of methoxy groups -OCH3 is 1. The van der Waals surface area contributed by atoms with Crippen molar-refractivity contribution in [1.82, 2.24) is 20.2 Å². The molecule has 2 aromatic rings. The smallest absolute Gasteiger partial charge is 0.378 e. The molecule has 0 unspecified atom stereocenters. The first-order valence-corrected chi connectivity index (χ1v) is 10.5. The molecule has 0 radical (unpaired) electrons. The quantitative estimate of drug-likeness (QED) is 0.729. The van der Waals surface area contributed by atoms with E-state index in [9.17, 15) is 18.0 Å². The summed E-state index contributed by atoms with van der Waals surface area (Å²) in [5.41, 5.74) is 1.22. The highest BCUT2D eigenvalue weighted by molar-refractivity contribution is 5.74. The van der Waals surface area contributed by atoms with E-state index in [1.165, 1.54) is 6.07 Å². The molecule has 1 saturated heterocycles. The van der Waals surface area contributed by atoms with Crippen molar-refractivity contribution in [3.05, 3.63) is 52.5 Å². The number of amides is 2. The minimum absolute atomic E-state index is 0.102. The molecule has 0 saturated carbocycles. The summed E-state index contributed by atoms with van der Waals surface area (Å²) in [5.74, 6) is 1.24. The van der Waals surface area contributed by atoms with Crippen LogP contribution in [-0.4, -0.2) is 60.7 Å². The van der Waals surface area contributed by atoms with Crippen LogP contribution in [0, 0.1) is 6.92 Å². The van der Waals surface area contributed by atoms with Gasteiger partial charge < -0.3 is 19.9 Å². The molecule has 1 aliphatic rings. The minimum atomic E-state index is -4.41. The number of anilines is 1. The molecule has 0 spiro atoms. The van der Waals surface area contributed by atoms with Gasteiger partial charge in [0, 0.05) is 51.8 Å². The van der Waals surface area contributed by atoms with Crippen molar-refractivity contribution < 1.29 is 22.7 Å². The Kier molecular flexibility index (Phi) is 7.55. The van der Waals surface area contributed by atoms with Crippen LogP contribution in [0.5, 0.6) is 0 Å². The molecule has 1 aliphatic heterocycles. The molecular formula is C22H28F3N5O2. The molecule has 10 heteroatoms. The molecule has 2 amide bonds. The van der Waals surface area contributed by atoms with Crippen LogP contribution >= 0.6 is 0 Å². The second-order valence-electron chi connectivity index (χ2n) is 7.64. The Morgan fingerprint density at radius 2 is 1.91 bits per heavy atom. The zero-order valence-corrected chi connectivity index (χ0v) is 18.5. The van der Waals surface area contributed by atoms with Gasteiger partial charge in [-0.15, -0.1) is 0 Å². The average molecular weight is 451 g/mol. The molecule has 1 fully saturated rings. The third kappa shape index (κ3) is 5.67. The number of hydrogen-bond acceptors (Lipinski definition) is 5. The summed E-state index contributed by atoms with van der Waals surface area (Å²) in [6.07, 6.45) is -4.16. The molecule has 1 N–H and O–H groups in total. The summed E-state index contributed by atoms with van der Waals surface area (Å²) in [5, 5.41) is 2.80. The molecule has 0 bridgehead atoms. The van der Waals surface area contributed by atoms with Crippen molar-refractivity contribution in [1.29, 1.82) is 0 Å². The number of alkyl halides is 3. The highest BCUT2D eigenvalue weighted by atomic mass is 19.4. The lowest BCUT2D eigenvalue weighted by atomic mass is 10.0. The van der Waals surface area contributed by atoms with Gasteiger partial charge in [-0.2, -0.15) is 13.2 Å². The van der Waals surface area contributed by atoms with E-state index in [0.29, 0.717) is 55.6 Å². The second-order valence-corrected chi connectivity index (χ2v) is 7.64. The van der Waals surface area contributed by atoms with Crippen molar-refractivity contribution in [2.75, 3.05) is 44.7 Å². The Hall–Kier alpha value is -2.88. The van der Waals surface area contributed by atoms with E-state index in [1.54, 1.807) is 25.0 Å². The van der Waals surface area contributed by atoms with Gasteiger partial charge in [-0.05, 0) is 25.5 Å². The summed E-state index contributed by atoms with van der Waals surface area (Å²) in [6.45, 7) is 6.62. The number of ether oxygens (including phenoxy) is 1. The summed E-state index contributed by atoms with van der Waals surface area (Å²) in [6, 6.07) is 5.20. The van der Waals surface area contributed by atoms with Crippen LogP contribution in [0.15, 0.2) is 24.3 Å². The van der Waals surface area contributed by atoms with Gasteiger partial charge in [0.25, 0.3) is 0 Å². The SMILES string of the molecule is CCNC(=O)N1CCN(c2nc(C)nc(COC)c2Cc2cccc(C(F)(F)F)c2)CC1. The van der Waals surface area contributed by atoms with E-state index >= 15 is 0 Å². The number of carbonyl (C=O) groups is 1. The molecule has 32 heavy (non-hydrogen) atoms. The summed E-state index contributed by atoms with van der Waals surface area (Å²) < 4.78 is 44.9. The third-order valence-corrected chi connectivity index (χ3v) is 5.29. The maximum Gasteiger partial charge on any atom is 0.416 e. The standard InChI is InChI=1S/C22H28F3N5O2/c1-4-26-21(31)30-10-8-29(9-11-30)20-18(19(14-32-3)27-15(2)28-20)13-16-6-5-7-17(12-16)22(23,24)25/h5-7,12H,4,8-11,13-14H2,1-3H3,(H,26,31). The Morgan fingerprint density at radius 1 is 1.19 bits per heavy atom. The zero-order valence-electron chi connectivity index (χ0n) is 18.5. The van der Waals surface area contributed by atoms with E-state index in [-0.39, 0.29) is 19.1 Å².